The van der Waals surface area contributed by atoms with Gasteiger partial charge in [-0.3, -0.25) is 4.79 Å². The minimum absolute atomic E-state index is 0.0588. The smallest absolute Gasteiger partial charge is 0.345 e. The number of hydrogen-bond acceptors (Lipinski definition) is 4. The lowest BCUT2D eigenvalue weighted by atomic mass is 10.0. The van der Waals surface area contributed by atoms with Crippen LogP contribution in [0.25, 0.3) is 21.8 Å². The van der Waals surface area contributed by atoms with Gasteiger partial charge in [0.2, 0.25) is 11.0 Å². The molecule has 7 nitrogen and oxygen atoms in total. The van der Waals surface area contributed by atoms with Crippen LogP contribution in [0.3, 0.4) is 0 Å². The number of aromatic carboxylic acids is 1. The van der Waals surface area contributed by atoms with Gasteiger partial charge in [-0.1, -0.05) is 24.3 Å². The van der Waals surface area contributed by atoms with Gasteiger partial charge < -0.3 is 14.9 Å². The molecule has 1 aromatic heterocycles. The van der Waals surface area contributed by atoms with Crippen molar-refractivity contribution >= 4 is 39.7 Å². The largest absolute Gasteiger partial charge is 0.481 e. The first-order valence-corrected chi connectivity index (χ1v) is 10.4. The first-order valence-electron chi connectivity index (χ1n) is 10.4. The molecule has 4 rings (SSSR count). The molecule has 33 heavy (non-hydrogen) atoms. The van der Waals surface area contributed by atoms with Crippen molar-refractivity contribution in [3.05, 3.63) is 82.9 Å². The number of para-hydroxylation sites is 2. The topological polar surface area (TPSA) is 105 Å². The number of carbonyl (C=O) groups excluding carboxylic acids is 1. The molecule has 0 spiro atoms. The second-order valence-corrected chi connectivity index (χ2v) is 7.84. The summed E-state index contributed by atoms with van der Waals surface area (Å²) in [6.07, 6.45) is -0.0588. The summed E-state index contributed by atoms with van der Waals surface area (Å²) in [6, 6.07) is 17.5. The first-order chi connectivity index (χ1) is 15.8. The molecule has 0 saturated carbocycles. The zero-order valence-corrected chi connectivity index (χ0v) is 18.2. The molecule has 166 valence electrons. The highest BCUT2D eigenvalue weighted by Crippen LogP contribution is 2.30. The fourth-order valence-corrected chi connectivity index (χ4v) is 4.16. The number of carbonyl (C=O) groups is 3. The van der Waals surface area contributed by atoms with E-state index in [1.54, 1.807) is 13.8 Å². The van der Waals surface area contributed by atoms with E-state index in [0.29, 0.717) is 33.2 Å². The summed E-state index contributed by atoms with van der Waals surface area (Å²) in [4.78, 5) is 36.1. The number of aryl methyl sites for hydroxylation is 3. The van der Waals surface area contributed by atoms with Crippen molar-refractivity contribution in [1.82, 2.24) is 0 Å². The lowest BCUT2D eigenvalue weighted by Crippen LogP contribution is -2.37. The summed E-state index contributed by atoms with van der Waals surface area (Å²) in [5.41, 5.74) is 3.02. The van der Waals surface area contributed by atoms with Gasteiger partial charge in [-0.05, 0) is 49.2 Å². The highest BCUT2D eigenvalue weighted by atomic mass is 16.5. The number of rotatable bonds is 6. The van der Waals surface area contributed by atoms with Crippen LogP contribution < -0.4 is 9.30 Å². The number of nitrogens with zero attached hydrogens (tertiary/aromatic N) is 1. The standard InChI is InChI=1S/C26H21NO6/c1-15-13-17(25(30)31)14-16(2)24(15)33-26(32)23-18-7-3-5-9-20(18)27(12-11-22(28)29)21-10-6-4-8-19(21)23/h3-10,13-14H,11-12H2,1-2H3,(H-,28,29,30,31)/p+1. The second kappa shape index (κ2) is 8.70. The zero-order chi connectivity index (χ0) is 23.7. The molecule has 0 aliphatic carbocycles. The highest BCUT2D eigenvalue weighted by molar-refractivity contribution is 6.13. The van der Waals surface area contributed by atoms with Gasteiger partial charge in [-0.15, -0.1) is 0 Å². The van der Waals surface area contributed by atoms with Crippen LogP contribution in [-0.2, 0) is 11.3 Å². The number of fused-ring (bicyclic) bond motifs is 2. The van der Waals surface area contributed by atoms with Crippen molar-refractivity contribution in [2.45, 2.75) is 26.8 Å². The second-order valence-electron chi connectivity index (χ2n) is 7.84. The number of carboxylic acids is 2. The van der Waals surface area contributed by atoms with Crippen molar-refractivity contribution in [3.63, 3.8) is 0 Å². The summed E-state index contributed by atoms with van der Waals surface area (Å²) in [5.74, 6) is -2.21. The predicted octanol–water partition coefficient (Wildman–Crippen LogP) is 4.29. The Hall–Kier alpha value is -4.26. The van der Waals surface area contributed by atoms with Gasteiger partial charge in [-0.2, -0.15) is 4.57 Å². The Morgan fingerprint density at radius 3 is 1.85 bits per heavy atom. The molecule has 0 unspecified atom stereocenters. The summed E-state index contributed by atoms with van der Waals surface area (Å²) in [6.45, 7) is 3.65. The van der Waals surface area contributed by atoms with Gasteiger partial charge >= 0.3 is 17.9 Å². The Morgan fingerprint density at radius 2 is 1.36 bits per heavy atom. The number of aliphatic carboxylic acids is 1. The van der Waals surface area contributed by atoms with Crippen molar-refractivity contribution in [2.75, 3.05) is 0 Å². The van der Waals surface area contributed by atoms with E-state index in [4.69, 9.17) is 4.74 Å². The number of benzene rings is 3. The summed E-state index contributed by atoms with van der Waals surface area (Å²) < 4.78 is 7.71. The lowest BCUT2D eigenvalue weighted by molar-refractivity contribution is -0.644. The van der Waals surface area contributed by atoms with E-state index in [2.05, 4.69) is 0 Å². The number of aromatic nitrogens is 1. The fraction of sp³-hybridized carbons (Fsp3) is 0.154. The minimum Gasteiger partial charge on any atom is -0.481 e. The number of carboxylic acid groups (broad SMARTS) is 2. The Morgan fingerprint density at radius 1 is 0.848 bits per heavy atom. The molecule has 1 heterocycles. The van der Waals surface area contributed by atoms with E-state index in [0.717, 1.165) is 11.0 Å². The molecule has 2 N–H and O–H groups in total. The van der Waals surface area contributed by atoms with Crippen LogP contribution in [0, 0.1) is 13.8 Å². The number of esters is 1. The minimum atomic E-state index is -1.05. The van der Waals surface area contributed by atoms with E-state index in [1.165, 1.54) is 12.1 Å². The average molecular weight is 444 g/mol. The maximum Gasteiger partial charge on any atom is 0.345 e. The van der Waals surface area contributed by atoms with Gasteiger partial charge in [0.05, 0.1) is 21.9 Å². The Labute approximate surface area is 189 Å². The molecule has 7 heteroatoms. The van der Waals surface area contributed by atoms with Crippen LogP contribution in [0.15, 0.2) is 60.7 Å². The fourth-order valence-electron chi connectivity index (χ4n) is 4.16. The summed E-state index contributed by atoms with van der Waals surface area (Å²) >= 11 is 0. The van der Waals surface area contributed by atoms with E-state index in [-0.39, 0.29) is 18.5 Å². The maximum atomic E-state index is 13.5. The van der Waals surface area contributed by atoms with Crippen LogP contribution in [0.4, 0.5) is 0 Å². The van der Waals surface area contributed by atoms with Crippen LogP contribution in [-0.4, -0.2) is 28.1 Å². The molecule has 0 aliphatic heterocycles. The molecule has 0 fully saturated rings. The Kier molecular flexibility index (Phi) is 5.79. The van der Waals surface area contributed by atoms with Crippen molar-refractivity contribution in [1.29, 1.82) is 0 Å². The van der Waals surface area contributed by atoms with Crippen molar-refractivity contribution < 1.29 is 33.9 Å². The molecule has 3 aromatic carbocycles. The molecule has 0 amide bonds. The quantitative estimate of drug-likeness (QED) is 0.199. The van der Waals surface area contributed by atoms with Crippen molar-refractivity contribution in [2.24, 2.45) is 0 Å². The number of hydrogen-bond donors (Lipinski definition) is 2. The molecule has 4 aromatic rings. The third kappa shape index (κ3) is 4.13. The monoisotopic (exact) mass is 444 g/mol. The molecular weight excluding hydrogens is 422 g/mol. The molecule has 0 radical (unpaired) electrons. The van der Waals surface area contributed by atoms with Gasteiger partial charge in [-0.25, -0.2) is 9.59 Å². The Bertz CT molecular complexity index is 1360. The van der Waals surface area contributed by atoms with E-state index in [9.17, 15) is 24.6 Å². The number of ether oxygens (including phenoxy) is 1. The van der Waals surface area contributed by atoms with Crippen molar-refractivity contribution in [3.8, 4) is 5.75 Å². The van der Waals surface area contributed by atoms with Gasteiger partial charge in [0.15, 0.2) is 6.54 Å². The summed E-state index contributed by atoms with van der Waals surface area (Å²) in [7, 11) is 0. The van der Waals surface area contributed by atoms with E-state index in [1.807, 2.05) is 53.1 Å². The SMILES string of the molecule is Cc1cc(C(=O)O)cc(C)c1OC(=O)c1c2ccccc2[n+](CCC(=O)O)c2ccccc12. The van der Waals surface area contributed by atoms with E-state index < -0.39 is 17.9 Å². The van der Waals surface area contributed by atoms with Gasteiger partial charge in [0.1, 0.15) is 12.2 Å². The average Bonchev–Trinajstić information content (AvgIpc) is 2.78. The molecule has 0 atom stereocenters. The van der Waals surface area contributed by atoms with Crippen LogP contribution in [0.1, 0.15) is 38.3 Å². The number of pyridine rings is 1. The van der Waals surface area contributed by atoms with Crippen LogP contribution in [0.5, 0.6) is 5.75 Å². The summed E-state index contributed by atoms with van der Waals surface area (Å²) in [5, 5.41) is 19.8. The molecule has 0 aliphatic rings. The maximum absolute atomic E-state index is 13.5. The third-order valence-corrected chi connectivity index (χ3v) is 5.58. The van der Waals surface area contributed by atoms with Gasteiger partial charge in [0, 0.05) is 12.1 Å². The lowest BCUT2D eigenvalue weighted by Gasteiger charge is -2.14. The zero-order valence-electron chi connectivity index (χ0n) is 18.2. The highest BCUT2D eigenvalue weighted by Gasteiger charge is 2.26. The molecule has 0 bridgehead atoms. The normalized spacial score (nSPS) is 11.0. The van der Waals surface area contributed by atoms with Crippen LogP contribution >= 0.6 is 0 Å². The predicted molar refractivity (Wildman–Crippen MR) is 122 cm³/mol. The third-order valence-electron chi connectivity index (χ3n) is 5.58. The van der Waals surface area contributed by atoms with Gasteiger partial charge in [0.25, 0.3) is 0 Å². The van der Waals surface area contributed by atoms with Crippen LogP contribution in [0.2, 0.25) is 0 Å². The first kappa shape index (κ1) is 22.0. The molecular formula is C26H22NO6+. The molecule has 0 saturated heterocycles. The van der Waals surface area contributed by atoms with E-state index >= 15 is 0 Å². The Balaban J connectivity index is 1.89.